The molecule has 1 unspecified atom stereocenters. The summed E-state index contributed by atoms with van der Waals surface area (Å²) in [7, 11) is -2.92. The zero-order valence-electron chi connectivity index (χ0n) is 17.7. The average molecular weight is 454 g/mol. The lowest BCUT2D eigenvalue weighted by Gasteiger charge is -2.26. The molecule has 2 aromatic rings. The zero-order valence-corrected chi connectivity index (χ0v) is 18.5. The second-order valence-electron chi connectivity index (χ2n) is 7.20. The highest BCUT2D eigenvalue weighted by Crippen LogP contribution is 2.35. The highest BCUT2D eigenvalue weighted by molar-refractivity contribution is 7.89. The summed E-state index contributed by atoms with van der Waals surface area (Å²) in [6, 6.07) is 3.91. The molecular formula is C20H27N3O7S. The van der Waals surface area contributed by atoms with Gasteiger partial charge in [0.15, 0.2) is 5.75 Å². The van der Waals surface area contributed by atoms with Crippen LogP contribution in [0.5, 0.6) is 5.75 Å². The largest absolute Gasteiger partial charge is 0.504 e. The normalized spacial score (nSPS) is 17.9. The maximum Gasteiger partial charge on any atom is 0.268 e. The first-order chi connectivity index (χ1) is 14.8. The third-order valence-electron chi connectivity index (χ3n) is 5.36. The lowest BCUT2D eigenvalue weighted by molar-refractivity contribution is -0.0443. The number of hydrogen-bond donors (Lipinski definition) is 3. The van der Waals surface area contributed by atoms with Crippen LogP contribution in [0.25, 0.3) is 0 Å². The second kappa shape index (κ2) is 9.35. The van der Waals surface area contributed by atoms with Gasteiger partial charge in [-0.05, 0) is 38.3 Å². The number of anilines is 3. The number of phenolic OH excluding ortho intramolecular Hbond substituents is 1. The molecule has 1 saturated heterocycles. The molecule has 31 heavy (non-hydrogen) atoms. The number of phenols is 1. The molecule has 1 fully saturated rings. The van der Waals surface area contributed by atoms with Crippen molar-refractivity contribution >= 4 is 27.1 Å². The number of hydrogen-bond acceptors (Lipinski definition) is 9. The number of benzene rings is 1. The number of sulfonamides is 1. The van der Waals surface area contributed by atoms with E-state index in [1.54, 1.807) is 6.92 Å². The van der Waals surface area contributed by atoms with Crippen molar-refractivity contribution in [1.29, 1.82) is 0 Å². The van der Waals surface area contributed by atoms with Crippen LogP contribution < -0.4 is 21.5 Å². The van der Waals surface area contributed by atoms with Crippen LogP contribution in [0.2, 0.25) is 0 Å². The molecule has 2 aromatic carbocycles. The van der Waals surface area contributed by atoms with Gasteiger partial charge < -0.3 is 20.5 Å². The Morgan fingerprint density at radius 3 is 2.55 bits per heavy atom. The minimum atomic E-state index is -4.13. The minimum absolute atomic E-state index is 0.0199. The first-order valence-electron chi connectivity index (χ1n) is 10.1. The molecule has 3 rings (SSSR count). The van der Waals surface area contributed by atoms with Crippen LogP contribution in [0.1, 0.15) is 33.1 Å². The zero-order chi connectivity index (χ0) is 22.8. The molecule has 1 aliphatic rings. The molecule has 0 aromatic heterocycles. The Labute approximate surface area is 180 Å². The van der Waals surface area contributed by atoms with E-state index in [1.165, 1.54) is 25.3 Å². The van der Waals surface area contributed by atoms with Gasteiger partial charge in [0.1, 0.15) is 16.3 Å². The van der Waals surface area contributed by atoms with E-state index in [0.29, 0.717) is 13.0 Å². The SMILES string of the molecule is CC[C@@H](Nc1c(Nc2cccc(S(=O)(=O)N(CC)OC)c2O)c(=O)c1=O)C1CCCO1. The third-order valence-corrected chi connectivity index (χ3v) is 7.19. The fourth-order valence-corrected chi connectivity index (χ4v) is 5.05. The molecule has 0 aliphatic carbocycles. The quantitative estimate of drug-likeness (QED) is 0.279. The Morgan fingerprint density at radius 2 is 1.97 bits per heavy atom. The van der Waals surface area contributed by atoms with E-state index in [4.69, 9.17) is 9.57 Å². The van der Waals surface area contributed by atoms with E-state index in [0.717, 1.165) is 17.3 Å². The molecule has 1 heterocycles. The van der Waals surface area contributed by atoms with Gasteiger partial charge in [-0.25, -0.2) is 8.42 Å². The predicted molar refractivity (Wildman–Crippen MR) is 116 cm³/mol. The summed E-state index contributed by atoms with van der Waals surface area (Å²) >= 11 is 0. The van der Waals surface area contributed by atoms with Gasteiger partial charge in [-0.15, -0.1) is 0 Å². The smallest absolute Gasteiger partial charge is 0.268 e. The van der Waals surface area contributed by atoms with Gasteiger partial charge in [0.25, 0.3) is 20.9 Å². The third kappa shape index (κ3) is 4.31. The number of hydroxylamine groups is 1. The summed E-state index contributed by atoms with van der Waals surface area (Å²) in [4.78, 5) is 28.8. The Bertz CT molecular complexity index is 1100. The van der Waals surface area contributed by atoms with E-state index in [-0.39, 0.29) is 40.6 Å². The molecule has 0 radical (unpaired) electrons. The highest BCUT2D eigenvalue weighted by Gasteiger charge is 2.31. The van der Waals surface area contributed by atoms with Crippen LogP contribution in [0.15, 0.2) is 32.7 Å². The Balaban J connectivity index is 1.90. The maximum atomic E-state index is 12.7. The fraction of sp³-hybridized carbons (Fsp3) is 0.500. The molecule has 0 saturated carbocycles. The maximum absolute atomic E-state index is 12.7. The highest BCUT2D eigenvalue weighted by atomic mass is 32.2. The molecule has 11 heteroatoms. The number of ether oxygens (including phenoxy) is 1. The van der Waals surface area contributed by atoms with Crippen LogP contribution >= 0.6 is 0 Å². The molecule has 3 N–H and O–H groups in total. The van der Waals surface area contributed by atoms with Crippen molar-refractivity contribution in [2.24, 2.45) is 0 Å². The van der Waals surface area contributed by atoms with E-state index in [2.05, 4.69) is 10.6 Å². The number of nitrogens with one attached hydrogen (secondary N) is 2. The predicted octanol–water partition coefficient (Wildman–Crippen LogP) is 1.67. The van der Waals surface area contributed by atoms with Gasteiger partial charge in [0, 0.05) is 13.2 Å². The number of aromatic hydroxyl groups is 1. The Morgan fingerprint density at radius 1 is 1.26 bits per heavy atom. The van der Waals surface area contributed by atoms with Crippen molar-refractivity contribution in [2.45, 2.75) is 50.2 Å². The van der Waals surface area contributed by atoms with Gasteiger partial charge in [0.2, 0.25) is 0 Å². The molecule has 1 aliphatic heterocycles. The Kier molecular flexibility index (Phi) is 6.99. The minimum Gasteiger partial charge on any atom is -0.504 e. The van der Waals surface area contributed by atoms with Crippen molar-refractivity contribution < 1.29 is 23.1 Å². The summed E-state index contributed by atoms with van der Waals surface area (Å²) in [6.45, 7) is 4.22. The number of para-hydroxylation sites is 1. The topological polar surface area (TPSA) is 134 Å². The Hall–Kier alpha value is -2.47. The van der Waals surface area contributed by atoms with Crippen molar-refractivity contribution in [3.8, 4) is 5.75 Å². The molecular weight excluding hydrogens is 426 g/mol. The summed E-state index contributed by atoms with van der Waals surface area (Å²) in [5.74, 6) is -0.580. The van der Waals surface area contributed by atoms with Crippen LogP contribution in [-0.4, -0.2) is 50.4 Å². The van der Waals surface area contributed by atoms with Crippen LogP contribution in [-0.2, 0) is 19.6 Å². The van der Waals surface area contributed by atoms with E-state index < -0.39 is 26.6 Å². The summed E-state index contributed by atoms with van der Waals surface area (Å²) in [5, 5.41) is 16.4. The van der Waals surface area contributed by atoms with E-state index in [9.17, 15) is 23.1 Å². The van der Waals surface area contributed by atoms with Gasteiger partial charge >= 0.3 is 0 Å². The van der Waals surface area contributed by atoms with Gasteiger partial charge in [-0.1, -0.05) is 17.5 Å². The molecule has 170 valence electrons. The van der Waals surface area contributed by atoms with E-state index >= 15 is 0 Å². The summed E-state index contributed by atoms with van der Waals surface area (Å²) in [6.07, 6.45) is 2.42. The molecule has 0 amide bonds. The van der Waals surface area contributed by atoms with E-state index in [1.807, 2.05) is 6.92 Å². The fourth-order valence-electron chi connectivity index (χ4n) is 3.68. The lowest BCUT2D eigenvalue weighted by Crippen LogP contribution is -2.42. The van der Waals surface area contributed by atoms with Crippen LogP contribution in [0, 0.1) is 0 Å². The number of nitrogens with zero attached hydrogens (tertiary/aromatic N) is 1. The second-order valence-corrected chi connectivity index (χ2v) is 9.00. The molecule has 10 nitrogen and oxygen atoms in total. The van der Waals surface area contributed by atoms with Crippen molar-refractivity contribution in [2.75, 3.05) is 30.9 Å². The number of rotatable bonds is 10. The molecule has 2 atom stereocenters. The lowest BCUT2D eigenvalue weighted by atomic mass is 10.0. The first-order valence-corrected chi connectivity index (χ1v) is 11.6. The van der Waals surface area contributed by atoms with Crippen LogP contribution in [0.3, 0.4) is 0 Å². The summed E-state index contributed by atoms with van der Waals surface area (Å²) in [5.41, 5.74) is -1.35. The average Bonchev–Trinajstić information content (AvgIpc) is 3.29. The van der Waals surface area contributed by atoms with Crippen LogP contribution in [0.4, 0.5) is 17.1 Å². The van der Waals surface area contributed by atoms with Gasteiger partial charge in [-0.2, -0.15) is 0 Å². The molecule has 0 spiro atoms. The van der Waals surface area contributed by atoms with Gasteiger partial charge in [-0.3, -0.25) is 14.4 Å². The van der Waals surface area contributed by atoms with Crippen molar-refractivity contribution in [3.05, 3.63) is 38.6 Å². The van der Waals surface area contributed by atoms with Gasteiger partial charge in [0.05, 0.1) is 24.9 Å². The van der Waals surface area contributed by atoms with Crippen molar-refractivity contribution in [1.82, 2.24) is 4.47 Å². The monoisotopic (exact) mass is 453 g/mol. The summed E-state index contributed by atoms with van der Waals surface area (Å²) < 4.78 is 31.8. The molecule has 0 bridgehead atoms. The standard InChI is InChI=1S/C20H27N3O7S/c1-4-12(14-9-7-11-30-14)21-16-17(20(26)19(16)25)22-13-8-6-10-15(18(13)24)31(27,28)23(5-2)29-3/h6,8,10,12,14,21-22,24H,4-5,7,9,11H2,1-3H3/t12-,14?/m1/s1. The van der Waals surface area contributed by atoms with Crippen molar-refractivity contribution in [3.63, 3.8) is 0 Å². The first kappa shape index (κ1) is 23.2.